The molecule has 0 aromatic rings. The summed E-state index contributed by atoms with van der Waals surface area (Å²) in [4.78, 5) is 16.3. The van der Waals surface area contributed by atoms with Crippen LogP contribution >= 0.6 is 23.5 Å². The summed E-state index contributed by atoms with van der Waals surface area (Å²) >= 11 is -0.556. The van der Waals surface area contributed by atoms with Crippen LogP contribution in [0.4, 0.5) is 0 Å². The van der Waals surface area contributed by atoms with Crippen LogP contribution in [-0.4, -0.2) is 36.8 Å². The second-order valence-corrected chi connectivity index (χ2v) is 40.0. The molecule has 0 nitrogen and oxygen atoms in total. The van der Waals surface area contributed by atoms with Crippen LogP contribution in [-0.2, 0) is 0 Å². The molecular formula is C14H26S2Sn2. The number of thioether (sulfide) groups is 2. The summed E-state index contributed by atoms with van der Waals surface area (Å²) in [6.45, 7) is 16.7. The topological polar surface area (TPSA) is 0 Å². The number of hydrogen-bond donors (Lipinski definition) is 0. The van der Waals surface area contributed by atoms with Crippen molar-refractivity contribution in [3.05, 3.63) is 42.0 Å². The van der Waals surface area contributed by atoms with Gasteiger partial charge in [0.25, 0.3) is 0 Å². The fraction of sp³-hybridized carbons (Fsp3) is 0.429. The van der Waals surface area contributed by atoms with Gasteiger partial charge in [-0.25, -0.2) is 0 Å². The minimum absolute atomic E-state index is 1.05. The molecule has 0 radical (unpaired) electrons. The van der Waals surface area contributed by atoms with E-state index in [0.29, 0.717) is 0 Å². The summed E-state index contributed by atoms with van der Waals surface area (Å²) in [7, 11) is 0. The van der Waals surface area contributed by atoms with Crippen molar-refractivity contribution >= 4 is 60.3 Å². The fourth-order valence-corrected chi connectivity index (χ4v) is 9.76. The third-order valence-corrected chi connectivity index (χ3v) is 23.6. The van der Waals surface area contributed by atoms with E-state index in [1.165, 1.54) is 5.84 Å². The summed E-state index contributed by atoms with van der Waals surface area (Å²) in [5.74, 6) is 0. The van der Waals surface area contributed by atoms with Gasteiger partial charge in [-0.05, 0) is 0 Å². The molecule has 0 atom stereocenters. The van der Waals surface area contributed by atoms with E-state index >= 15 is 0 Å². The van der Waals surface area contributed by atoms with Gasteiger partial charge in [0, 0.05) is 0 Å². The zero-order valence-electron chi connectivity index (χ0n) is 12.6. The molecule has 0 aliphatic heterocycles. The van der Waals surface area contributed by atoms with Crippen molar-refractivity contribution < 1.29 is 0 Å². The van der Waals surface area contributed by atoms with Gasteiger partial charge in [-0.3, -0.25) is 0 Å². The predicted octanol–water partition coefficient (Wildman–Crippen LogP) is 6.26. The number of rotatable bonds is 7. The van der Waals surface area contributed by atoms with E-state index in [9.17, 15) is 0 Å². The first kappa shape index (κ1) is 19.3. The van der Waals surface area contributed by atoms with Crippen LogP contribution in [0, 0.1) is 0 Å². The van der Waals surface area contributed by atoms with Crippen molar-refractivity contribution in [2.24, 2.45) is 0 Å². The molecule has 0 saturated heterocycles. The summed E-state index contributed by atoms with van der Waals surface area (Å²) in [6.07, 6.45) is 0. The Bertz CT molecular complexity index is 344. The van der Waals surface area contributed by atoms with E-state index in [2.05, 4.69) is 56.0 Å². The van der Waals surface area contributed by atoms with Crippen molar-refractivity contribution in [3.63, 3.8) is 0 Å². The molecule has 0 heterocycles. The van der Waals surface area contributed by atoms with Crippen LogP contribution in [0.15, 0.2) is 42.0 Å². The Balaban J connectivity index is 4.52. The van der Waals surface area contributed by atoms with Gasteiger partial charge >= 0.3 is 132 Å². The zero-order valence-corrected chi connectivity index (χ0v) is 20.0. The summed E-state index contributed by atoms with van der Waals surface area (Å²) in [5, 5.41) is 0. The first-order valence-corrected chi connectivity index (χ1v) is 27.6. The molecule has 0 unspecified atom stereocenters. The average molecular weight is 496 g/mol. The standard InChI is InChI=1S/C8H8S2.6CH3.2Sn/c1-5-9-7(3)8(4)10-6-2;;;;;;;;/h1-4H2;6*1H3;;. The molecule has 0 aliphatic rings. The molecule has 18 heavy (non-hydrogen) atoms. The van der Waals surface area contributed by atoms with Crippen molar-refractivity contribution in [2.75, 3.05) is 0 Å². The van der Waals surface area contributed by atoms with E-state index < -0.39 is 36.8 Å². The van der Waals surface area contributed by atoms with E-state index in [1.807, 2.05) is 0 Å². The van der Waals surface area contributed by atoms with E-state index in [1.54, 1.807) is 23.5 Å². The normalized spacial score (nSPS) is 12.1. The van der Waals surface area contributed by atoms with Gasteiger partial charge < -0.3 is 0 Å². The first-order chi connectivity index (χ1) is 7.85. The Kier molecular flexibility index (Phi) is 7.83. The quantitative estimate of drug-likeness (QED) is 0.302. The van der Waals surface area contributed by atoms with Crippen LogP contribution in [0.2, 0.25) is 29.6 Å². The van der Waals surface area contributed by atoms with Crippen LogP contribution in [0.1, 0.15) is 0 Å². The Hall–Kier alpha value is 1.26. The van der Waals surface area contributed by atoms with Crippen molar-refractivity contribution in [1.29, 1.82) is 0 Å². The second kappa shape index (κ2) is 7.32. The Morgan fingerprint density at radius 2 is 0.833 bits per heavy atom. The minimum atomic E-state index is -2.01. The molecule has 0 rings (SSSR count). The molecule has 0 aromatic carbocycles. The van der Waals surface area contributed by atoms with Crippen LogP contribution in [0.5, 0.6) is 0 Å². The SMILES string of the molecule is C=C(S[C](=C)[Sn]([CH3])([CH3])[CH3])C(=C)S[C](=C)[Sn]([CH3])([CH3])[CH3]. The molecule has 0 saturated carbocycles. The second-order valence-electron chi connectivity index (χ2n) is 6.40. The van der Waals surface area contributed by atoms with E-state index in [-0.39, 0.29) is 0 Å². The fourth-order valence-electron chi connectivity index (χ4n) is 0.717. The van der Waals surface area contributed by atoms with E-state index in [0.717, 1.165) is 9.81 Å². The van der Waals surface area contributed by atoms with Crippen molar-refractivity contribution in [1.82, 2.24) is 0 Å². The molecule has 0 aliphatic carbocycles. The van der Waals surface area contributed by atoms with Crippen molar-refractivity contribution in [3.8, 4) is 0 Å². The maximum absolute atomic E-state index is 4.21. The molecule has 0 fully saturated rings. The molecule has 4 heteroatoms. The molecule has 102 valence electrons. The van der Waals surface area contributed by atoms with Crippen LogP contribution in [0.25, 0.3) is 0 Å². The molecule has 0 bridgehead atoms. The Morgan fingerprint density at radius 1 is 0.611 bits per heavy atom. The monoisotopic (exact) mass is 498 g/mol. The molecule has 0 amide bonds. The maximum atomic E-state index is 4.21. The average Bonchev–Trinajstić information content (AvgIpc) is 2.14. The third kappa shape index (κ3) is 7.15. The van der Waals surface area contributed by atoms with Gasteiger partial charge in [0.05, 0.1) is 0 Å². The Morgan fingerprint density at radius 3 is 1.00 bits per heavy atom. The molecule has 0 N–H and O–H groups in total. The number of hydrogen-bond acceptors (Lipinski definition) is 2. The van der Waals surface area contributed by atoms with Gasteiger partial charge in [0.1, 0.15) is 0 Å². The molecular weight excluding hydrogens is 470 g/mol. The van der Waals surface area contributed by atoms with E-state index in [4.69, 9.17) is 0 Å². The summed E-state index contributed by atoms with van der Waals surface area (Å²) < 4.78 is 2.67. The first-order valence-electron chi connectivity index (χ1n) is 5.98. The van der Waals surface area contributed by atoms with Crippen LogP contribution < -0.4 is 0 Å². The third-order valence-electron chi connectivity index (χ3n) is 2.48. The molecule has 0 spiro atoms. The predicted molar refractivity (Wildman–Crippen MR) is 98.4 cm³/mol. The van der Waals surface area contributed by atoms with Gasteiger partial charge in [0.2, 0.25) is 0 Å². The van der Waals surface area contributed by atoms with Gasteiger partial charge in [-0.1, -0.05) is 0 Å². The molecule has 0 aromatic heterocycles. The van der Waals surface area contributed by atoms with Crippen molar-refractivity contribution in [2.45, 2.75) is 29.6 Å². The van der Waals surface area contributed by atoms with Gasteiger partial charge in [-0.2, -0.15) is 0 Å². The van der Waals surface area contributed by atoms with Gasteiger partial charge in [0.15, 0.2) is 0 Å². The summed E-state index contributed by atoms with van der Waals surface area (Å²) in [6, 6.07) is 0. The zero-order chi connectivity index (χ0) is 14.7. The Labute approximate surface area is 130 Å². The van der Waals surface area contributed by atoms with Crippen LogP contribution in [0.3, 0.4) is 0 Å². The summed E-state index contributed by atoms with van der Waals surface area (Å²) in [5.41, 5.74) is 0. The van der Waals surface area contributed by atoms with Gasteiger partial charge in [-0.15, -0.1) is 0 Å².